The quantitative estimate of drug-likeness (QED) is 0.216. The minimum absolute atomic E-state index is 0.133. The zero-order valence-corrected chi connectivity index (χ0v) is 20.5. The first kappa shape index (κ1) is 24.8. The number of carbonyl (C=O) groups is 1. The van der Waals surface area contributed by atoms with Crippen molar-refractivity contribution in [3.63, 3.8) is 0 Å². The molecule has 0 amide bonds. The van der Waals surface area contributed by atoms with E-state index in [4.69, 9.17) is 0 Å². The fraction of sp³-hybridized carbons (Fsp3) is 0.125. The summed E-state index contributed by atoms with van der Waals surface area (Å²) in [7, 11) is -2.41. The number of rotatable bonds is 6. The van der Waals surface area contributed by atoms with Crippen molar-refractivity contribution in [1.82, 2.24) is 5.32 Å². The van der Waals surface area contributed by atoms with Gasteiger partial charge in [-0.3, -0.25) is 4.79 Å². The predicted octanol–water partition coefficient (Wildman–Crippen LogP) is 1.18. The zero-order chi connectivity index (χ0) is 22.9. The van der Waals surface area contributed by atoms with Crippen LogP contribution in [0.5, 0.6) is 0 Å². The van der Waals surface area contributed by atoms with E-state index in [-0.39, 0.29) is 10.7 Å². The Labute approximate surface area is 194 Å². The van der Waals surface area contributed by atoms with Crippen LogP contribution in [-0.2, 0) is 10.1 Å². The van der Waals surface area contributed by atoms with Gasteiger partial charge in [-0.15, -0.1) is 0 Å². The average molecular weight is 549 g/mol. The summed E-state index contributed by atoms with van der Waals surface area (Å²) in [5.74, 6) is 0.133. The van der Waals surface area contributed by atoms with Gasteiger partial charge in [-0.1, -0.05) is 66.2 Å². The van der Waals surface area contributed by atoms with E-state index in [1.807, 2.05) is 69.4 Å². The summed E-state index contributed by atoms with van der Waals surface area (Å²) in [6, 6.07) is 25.5. The van der Waals surface area contributed by atoms with E-state index in [0.29, 0.717) is 0 Å². The first-order chi connectivity index (χ1) is 14.7. The van der Waals surface area contributed by atoms with Crippen LogP contribution in [0.1, 0.15) is 22.8 Å². The van der Waals surface area contributed by atoms with Gasteiger partial charge in [0.25, 0.3) is 3.58 Å². The molecule has 3 aromatic carbocycles. The van der Waals surface area contributed by atoms with Crippen molar-refractivity contribution in [3.8, 4) is 0 Å². The molecule has 0 radical (unpaired) electrons. The molecule has 0 aromatic heterocycles. The van der Waals surface area contributed by atoms with Crippen molar-refractivity contribution < 1.29 is 39.0 Å². The molecule has 1 N–H and O–H groups in total. The van der Waals surface area contributed by atoms with Gasteiger partial charge in [0.05, 0.1) is 10.6 Å². The van der Waals surface area contributed by atoms with E-state index in [2.05, 4.69) is 17.4 Å². The van der Waals surface area contributed by atoms with Crippen molar-refractivity contribution in [3.05, 3.63) is 109 Å². The van der Waals surface area contributed by atoms with Crippen LogP contribution < -0.4 is 26.5 Å². The third-order valence-corrected chi connectivity index (χ3v) is 8.22. The summed E-state index contributed by atoms with van der Waals surface area (Å²) in [6.07, 6.45) is 0. The van der Waals surface area contributed by atoms with Gasteiger partial charge in [0.1, 0.15) is 10.1 Å². The van der Waals surface area contributed by atoms with Gasteiger partial charge in [0.15, 0.2) is 3.57 Å². The molecular weight excluding hydrogens is 525 g/mol. The van der Waals surface area contributed by atoms with Crippen molar-refractivity contribution >= 4 is 15.9 Å². The Morgan fingerprint density at radius 2 is 1.39 bits per heavy atom. The number of carbonyl (C=O) groups excluding carboxylic acids is 1. The SMILES string of the molecule is CN/C(C)=C(/[I+]c1ccccc1)C(=O)c1ccccc1.Cc1ccc(S(=O)(=O)[O-])cc1. The van der Waals surface area contributed by atoms with Crippen LogP contribution in [0.15, 0.2) is 99.1 Å². The summed E-state index contributed by atoms with van der Waals surface area (Å²) >= 11 is -0.484. The smallest absolute Gasteiger partial charge is 0.364 e. The summed E-state index contributed by atoms with van der Waals surface area (Å²) < 4.78 is 33.3. The number of benzene rings is 3. The lowest BCUT2D eigenvalue weighted by molar-refractivity contribution is -0.570. The summed E-state index contributed by atoms with van der Waals surface area (Å²) in [6.45, 7) is 3.79. The molecule has 0 unspecified atom stereocenters. The maximum absolute atomic E-state index is 12.7. The van der Waals surface area contributed by atoms with Crippen LogP contribution in [0.2, 0.25) is 0 Å². The Morgan fingerprint density at radius 1 is 0.871 bits per heavy atom. The van der Waals surface area contributed by atoms with Crippen LogP contribution in [0.3, 0.4) is 0 Å². The third kappa shape index (κ3) is 7.93. The molecule has 7 heteroatoms. The number of halogens is 1. The second-order valence-electron chi connectivity index (χ2n) is 6.54. The summed E-state index contributed by atoms with van der Waals surface area (Å²) in [5.41, 5.74) is 2.65. The van der Waals surface area contributed by atoms with Crippen molar-refractivity contribution in [2.75, 3.05) is 7.05 Å². The first-order valence-electron chi connectivity index (χ1n) is 9.43. The van der Waals surface area contributed by atoms with Crippen molar-refractivity contribution in [2.24, 2.45) is 0 Å². The van der Waals surface area contributed by atoms with Gasteiger partial charge in [-0.05, 0) is 38.1 Å². The number of nitrogens with one attached hydrogen (secondary N) is 1. The molecule has 5 nitrogen and oxygen atoms in total. The second kappa shape index (κ2) is 11.8. The van der Waals surface area contributed by atoms with E-state index in [0.717, 1.165) is 20.4 Å². The maximum atomic E-state index is 12.7. The van der Waals surface area contributed by atoms with E-state index in [1.54, 1.807) is 12.1 Å². The van der Waals surface area contributed by atoms with Crippen LogP contribution in [0.4, 0.5) is 0 Å². The van der Waals surface area contributed by atoms with Crippen molar-refractivity contribution in [1.29, 1.82) is 0 Å². The lowest BCUT2D eigenvalue weighted by Gasteiger charge is -2.05. The molecule has 0 saturated carbocycles. The largest absolute Gasteiger partial charge is 0.744 e. The fourth-order valence-electron chi connectivity index (χ4n) is 2.40. The van der Waals surface area contributed by atoms with E-state index in [1.165, 1.54) is 15.7 Å². The molecule has 0 aliphatic carbocycles. The molecule has 0 spiro atoms. The lowest BCUT2D eigenvalue weighted by atomic mass is 10.1. The molecular formula is C24H24INO4S. The number of hydrogen-bond acceptors (Lipinski definition) is 5. The average Bonchev–Trinajstić information content (AvgIpc) is 2.78. The third-order valence-electron chi connectivity index (χ3n) is 4.19. The number of hydrogen-bond donors (Lipinski definition) is 1. The van der Waals surface area contributed by atoms with Gasteiger partial charge >= 0.3 is 21.2 Å². The van der Waals surface area contributed by atoms with Gasteiger partial charge < -0.3 is 9.87 Å². The Balaban J connectivity index is 0.000000262. The maximum Gasteiger partial charge on any atom is 0.364 e. The normalized spacial score (nSPS) is 11.6. The molecule has 3 aromatic rings. The molecule has 0 fully saturated rings. The van der Waals surface area contributed by atoms with Gasteiger partial charge in [-0.2, -0.15) is 0 Å². The van der Waals surface area contributed by atoms with Gasteiger partial charge in [-0.25, -0.2) is 8.42 Å². The number of aryl methyl sites for hydroxylation is 1. The first-order valence-corrected chi connectivity index (χ1v) is 13.0. The van der Waals surface area contributed by atoms with Gasteiger partial charge in [0.2, 0.25) is 5.78 Å². The molecule has 0 atom stereocenters. The zero-order valence-electron chi connectivity index (χ0n) is 17.5. The van der Waals surface area contributed by atoms with Gasteiger partial charge in [0, 0.05) is 12.6 Å². The van der Waals surface area contributed by atoms with Crippen LogP contribution in [0.25, 0.3) is 0 Å². The summed E-state index contributed by atoms with van der Waals surface area (Å²) in [5, 5.41) is 3.12. The predicted molar refractivity (Wildman–Crippen MR) is 117 cm³/mol. The molecule has 0 bridgehead atoms. The highest BCUT2D eigenvalue weighted by Crippen LogP contribution is 2.08. The standard InChI is InChI=1S/C17H16INO.C7H8O3S/c1-13(19-2)16(18-15-11-7-4-8-12-15)17(20)14-9-5-3-6-10-14;1-6-2-4-7(5-3-6)11(8,9)10/h3-12H,1-2H3;2-5H,1H3,(H,8,9,10). The Hall–Kier alpha value is -2.49. The molecule has 0 aliphatic heterocycles. The number of ketones is 1. The minimum atomic E-state index is -4.27. The topological polar surface area (TPSA) is 86.3 Å². The highest BCUT2D eigenvalue weighted by Gasteiger charge is 2.29. The van der Waals surface area contributed by atoms with E-state index < -0.39 is 31.3 Å². The second-order valence-corrected chi connectivity index (χ2v) is 10.8. The Bertz CT molecular complexity index is 1130. The van der Waals surface area contributed by atoms with Crippen molar-refractivity contribution in [2.45, 2.75) is 18.7 Å². The molecule has 162 valence electrons. The minimum Gasteiger partial charge on any atom is -0.744 e. The Kier molecular flexibility index (Phi) is 9.42. The van der Waals surface area contributed by atoms with E-state index >= 15 is 0 Å². The van der Waals surface area contributed by atoms with E-state index in [9.17, 15) is 17.8 Å². The molecule has 0 saturated heterocycles. The highest BCUT2D eigenvalue weighted by atomic mass is 127. The molecule has 31 heavy (non-hydrogen) atoms. The van der Waals surface area contributed by atoms with Crippen LogP contribution in [-0.4, -0.2) is 25.8 Å². The number of Topliss-reactive ketones (excluding diaryl/α,β-unsaturated/α-hetero) is 1. The van der Waals surface area contributed by atoms with Crippen LogP contribution in [0, 0.1) is 10.5 Å². The Morgan fingerprint density at radius 3 is 1.87 bits per heavy atom. The van der Waals surface area contributed by atoms with Crippen LogP contribution >= 0.6 is 0 Å². The molecule has 0 aliphatic rings. The lowest BCUT2D eigenvalue weighted by Crippen LogP contribution is -3.61. The molecule has 3 rings (SSSR count). The highest BCUT2D eigenvalue weighted by molar-refractivity contribution is 7.85. The number of allylic oxidation sites excluding steroid dienone is 2. The molecule has 0 heterocycles. The fourth-order valence-corrected chi connectivity index (χ4v) is 5.50. The monoisotopic (exact) mass is 549 g/mol. The summed E-state index contributed by atoms with van der Waals surface area (Å²) in [4.78, 5) is 12.5.